The molecule has 37 heavy (non-hydrogen) atoms. The highest BCUT2D eigenvalue weighted by Crippen LogP contribution is 2.38. The summed E-state index contributed by atoms with van der Waals surface area (Å²) in [4.78, 5) is 24.2. The van der Waals surface area contributed by atoms with Crippen LogP contribution in [0, 0.1) is 5.92 Å². The van der Waals surface area contributed by atoms with Crippen LogP contribution in [0.2, 0.25) is 0 Å². The van der Waals surface area contributed by atoms with Crippen LogP contribution in [-0.4, -0.2) is 55.3 Å². The molecular weight excluding hydrogens is 474 g/mol. The minimum Gasteiger partial charge on any atom is -0.369 e. The van der Waals surface area contributed by atoms with Crippen molar-refractivity contribution in [1.29, 1.82) is 0 Å². The van der Waals surface area contributed by atoms with E-state index in [1.807, 2.05) is 18.5 Å². The molecule has 196 valence electrons. The van der Waals surface area contributed by atoms with Gasteiger partial charge < -0.3 is 16.0 Å². The molecule has 2 aromatic rings. The summed E-state index contributed by atoms with van der Waals surface area (Å²) in [5, 5.41) is 9.45. The van der Waals surface area contributed by atoms with Gasteiger partial charge in [-0.05, 0) is 55.6 Å². The molecule has 0 saturated carbocycles. The molecule has 0 bridgehead atoms. The number of hydrogen-bond donors (Lipinski definition) is 3. The van der Waals surface area contributed by atoms with E-state index in [1.165, 1.54) is 11.6 Å². The summed E-state index contributed by atoms with van der Waals surface area (Å²) in [6.07, 6.45) is 12.6. The second kappa shape index (κ2) is 14.7. The number of nitrogens with zero attached hydrogens (tertiary/aromatic N) is 3. The number of carbonyl (C=O) groups is 1. The monoisotopic (exact) mass is 508 g/mol. The molecule has 3 N–H and O–H groups in total. The molecule has 7 nitrogen and oxygen atoms in total. The summed E-state index contributed by atoms with van der Waals surface area (Å²) >= 11 is 0. The molecule has 4 heterocycles. The molecule has 2 aliphatic heterocycles. The normalized spacial score (nSPS) is 19.4. The fraction of sp³-hybridized carbons (Fsp3) is 0.357. The molecular formula is C28H34F2N6O. The molecule has 2 aromatic heterocycles. The van der Waals surface area contributed by atoms with Gasteiger partial charge in [0.25, 0.3) is 0 Å². The van der Waals surface area contributed by atoms with Crippen molar-refractivity contribution in [2.45, 2.75) is 31.9 Å². The maximum atomic E-state index is 12.6. The molecule has 0 aromatic carbocycles. The van der Waals surface area contributed by atoms with Crippen LogP contribution < -0.4 is 16.0 Å². The lowest BCUT2D eigenvalue weighted by molar-refractivity contribution is 0.112. The van der Waals surface area contributed by atoms with Gasteiger partial charge in [0.15, 0.2) is 12.5 Å². The number of pyridine rings is 2. The van der Waals surface area contributed by atoms with E-state index in [0.29, 0.717) is 36.3 Å². The van der Waals surface area contributed by atoms with Crippen molar-refractivity contribution in [2.75, 3.05) is 37.3 Å². The zero-order valence-electron chi connectivity index (χ0n) is 21.2. The number of nitrogens with one attached hydrogen (secondary N) is 3. The highest BCUT2D eigenvalue weighted by molar-refractivity contribution is 5.82. The summed E-state index contributed by atoms with van der Waals surface area (Å²) < 4.78 is 25.2. The summed E-state index contributed by atoms with van der Waals surface area (Å²) in [6.45, 7) is 3.71. The third kappa shape index (κ3) is 8.15. The molecule has 0 saturated heterocycles. The first-order valence-corrected chi connectivity index (χ1v) is 12.4. The van der Waals surface area contributed by atoms with E-state index < -0.39 is 12.0 Å². The van der Waals surface area contributed by atoms with E-state index in [1.54, 1.807) is 38.4 Å². The van der Waals surface area contributed by atoms with Crippen molar-refractivity contribution < 1.29 is 13.6 Å². The number of carbonyl (C=O) groups excluding carboxylic acids is 1. The minimum absolute atomic E-state index is 0.183. The molecule has 3 atom stereocenters. The van der Waals surface area contributed by atoms with Crippen LogP contribution in [0.5, 0.6) is 0 Å². The summed E-state index contributed by atoms with van der Waals surface area (Å²) in [6, 6.07) is 7.64. The first-order valence-electron chi connectivity index (χ1n) is 12.4. The van der Waals surface area contributed by atoms with Gasteiger partial charge >= 0.3 is 0 Å². The van der Waals surface area contributed by atoms with Crippen LogP contribution in [0.1, 0.15) is 41.6 Å². The number of fused-ring (bicyclic) bond motifs is 1. The van der Waals surface area contributed by atoms with Crippen molar-refractivity contribution >= 4 is 24.1 Å². The number of likely N-dealkylation sites (N-methyl/N-ethyl adjacent to an activating group) is 1. The average Bonchev–Trinajstić information content (AvgIpc) is 3.38. The largest absolute Gasteiger partial charge is 0.369 e. The number of aldehydes is 1. The van der Waals surface area contributed by atoms with Gasteiger partial charge in [0.1, 0.15) is 17.5 Å². The first kappa shape index (κ1) is 27.9. The van der Waals surface area contributed by atoms with Gasteiger partial charge in [0.05, 0.1) is 17.8 Å². The molecule has 0 fully saturated rings. The third-order valence-electron chi connectivity index (χ3n) is 6.06. The smallest absolute Gasteiger partial charge is 0.153 e. The fourth-order valence-electron chi connectivity index (χ4n) is 4.08. The lowest BCUT2D eigenvalue weighted by atomic mass is 9.84. The Kier molecular flexibility index (Phi) is 11.1. The lowest BCUT2D eigenvalue weighted by Gasteiger charge is -2.22. The molecule has 4 rings (SSSR count). The predicted octanol–water partition coefficient (Wildman–Crippen LogP) is 5.25. The van der Waals surface area contributed by atoms with Crippen molar-refractivity contribution in [3.8, 4) is 0 Å². The number of anilines is 2. The first-order chi connectivity index (χ1) is 18.1. The van der Waals surface area contributed by atoms with Crippen molar-refractivity contribution in [2.24, 2.45) is 10.9 Å². The number of alkyl halides is 1. The molecule has 0 spiro atoms. The fourth-order valence-corrected chi connectivity index (χ4v) is 4.08. The Labute approximate surface area is 216 Å². The molecule has 0 aliphatic carbocycles. The number of aromatic nitrogens is 2. The zero-order valence-corrected chi connectivity index (χ0v) is 21.2. The van der Waals surface area contributed by atoms with Crippen LogP contribution in [0.3, 0.4) is 0 Å². The van der Waals surface area contributed by atoms with E-state index in [9.17, 15) is 13.6 Å². The average molecular weight is 509 g/mol. The van der Waals surface area contributed by atoms with Crippen LogP contribution in [0.15, 0.2) is 77.5 Å². The van der Waals surface area contributed by atoms with Crippen LogP contribution in [0.25, 0.3) is 0 Å². The predicted molar refractivity (Wildman–Crippen MR) is 146 cm³/mol. The summed E-state index contributed by atoms with van der Waals surface area (Å²) in [5.41, 5.74) is 2.80. The number of hydrogen-bond acceptors (Lipinski definition) is 7. The maximum Gasteiger partial charge on any atom is 0.153 e. The highest BCUT2D eigenvalue weighted by Gasteiger charge is 2.30. The Morgan fingerprint density at radius 3 is 2.86 bits per heavy atom. The number of aliphatic imine (C=N–C) groups is 1. The number of halogens is 2. The molecule has 9 heteroatoms. The van der Waals surface area contributed by atoms with Crippen molar-refractivity contribution in [3.63, 3.8) is 0 Å². The zero-order chi connectivity index (χ0) is 26.5. The topological polar surface area (TPSA) is 91.3 Å². The van der Waals surface area contributed by atoms with Gasteiger partial charge in [-0.15, -0.1) is 0 Å². The van der Waals surface area contributed by atoms with Crippen LogP contribution in [-0.2, 0) is 0 Å². The van der Waals surface area contributed by atoms with Crippen LogP contribution >= 0.6 is 0 Å². The molecule has 3 unspecified atom stereocenters. The Balaban J connectivity index is 0.000000270. The van der Waals surface area contributed by atoms with Crippen molar-refractivity contribution in [3.05, 3.63) is 83.6 Å². The van der Waals surface area contributed by atoms with E-state index in [4.69, 9.17) is 0 Å². The highest BCUT2D eigenvalue weighted by atomic mass is 19.2. The Hall–Kier alpha value is -3.72. The third-order valence-corrected chi connectivity index (χ3v) is 6.06. The SMILES string of the molecule is CCC(F)/C(F)=C\C=C\CNC.O=Cc1cccnc1NCC1=CC(C2CNc3ncccc32)CC=N1. The van der Waals surface area contributed by atoms with Gasteiger partial charge in [-0.3, -0.25) is 9.79 Å². The standard InChI is InChI=1S/C19H19N5O.C9H15F2N/c25-12-14-3-1-6-21-18(14)23-10-15-9-13(5-8-20-15)17-11-24-19-16(17)4-2-7-22-19;1-3-8(10)9(11)6-4-5-7-12-2/h1-4,6-9,12-13,17H,5,10-11H2,(H,21,23)(H,22,24);4-6,8,12H,3,7H2,1-2H3/b;5-4+,9-6+. The van der Waals surface area contributed by atoms with E-state index in [0.717, 1.165) is 36.8 Å². The number of rotatable bonds is 10. The van der Waals surface area contributed by atoms with Gasteiger partial charge in [-0.1, -0.05) is 31.2 Å². The van der Waals surface area contributed by atoms with Gasteiger partial charge in [-0.2, -0.15) is 0 Å². The summed E-state index contributed by atoms with van der Waals surface area (Å²) in [5.74, 6) is 1.68. The second-order valence-electron chi connectivity index (χ2n) is 8.62. The van der Waals surface area contributed by atoms with Gasteiger partial charge in [-0.25, -0.2) is 18.7 Å². The quantitative estimate of drug-likeness (QED) is 0.300. The number of allylic oxidation sites excluding steroid dienone is 4. The van der Waals surface area contributed by atoms with Crippen molar-refractivity contribution in [1.82, 2.24) is 15.3 Å². The Bertz CT molecular complexity index is 1150. The van der Waals surface area contributed by atoms with E-state index >= 15 is 0 Å². The molecule has 2 aliphatic rings. The summed E-state index contributed by atoms with van der Waals surface area (Å²) in [7, 11) is 1.79. The van der Waals surface area contributed by atoms with Crippen LogP contribution in [0.4, 0.5) is 20.4 Å². The molecule has 0 amide bonds. The van der Waals surface area contributed by atoms with Gasteiger partial charge in [0, 0.05) is 37.6 Å². The lowest BCUT2D eigenvalue weighted by Crippen LogP contribution is -2.18. The van der Waals surface area contributed by atoms with E-state index in [2.05, 4.69) is 43.1 Å². The van der Waals surface area contributed by atoms with E-state index in [-0.39, 0.29) is 6.42 Å². The minimum atomic E-state index is -1.45. The van der Waals surface area contributed by atoms with Gasteiger partial charge in [0.2, 0.25) is 0 Å². The maximum absolute atomic E-state index is 12.6. The Morgan fingerprint density at radius 1 is 1.27 bits per heavy atom. The molecule has 0 radical (unpaired) electrons. The second-order valence-corrected chi connectivity index (χ2v) is 8.62. The Morgan fingerprint density at radius 2 is 2.08 bits per heavy atom.